The second-order valence-corrected chi connectivity index (χ2v) is 8.23. The maximum absolute atomic E-state index is 12.2. The maximum atomic E-state index is 12.2. The van der Waals surface area contributed by atoms with Gasteiger partial charge in [-0.3, -0.25) is 19.4 Å². The Balaban J connectivity index is 1.64. The number of morpholine rings is 1. The molecule has 7 nitrogen and oxygen atoms in total. The number of ether oxygens (including phenoxy) is 1. The topological polar surface area (TPSA) is 65.1 Å². The Labute approximate surface area is 158 Å². The van der Waals surface area contributed by atoms with Gasteiger partial charge < -0.3 is 15.0 Å². The van der Waals surface area contributed by atoms with Crippen LogP contribution < -0.4 is 5.32 Å². The molecule has 2 rings (SSSR count). The van der Waals surface area contributed by atoms with E-state index in [2.05, 4.69) is 29.0 Å². The molecule has 2 heterocycles. The van der Waals surface area contributed by atoms with E-state index < -0.39 is 0 Å². The van der Waals surface area contributed by atoms with Crippen molar-refractivity contribution in [2.24, 2.45) is 11.8 Å². The Kier molecular flexibility index (Phi) is 8.31. The van der Waals surface area contributed by atoms with Crippen molar-refractivity contribution in [3.05, 3.63) is 0 Å². The number of carbonyl (C=O) groups excluding carboxylic acids is 2. The van der Waals surface area contributed by atoms with Gasteiger partial charge in [-0.15, -0.1) is 0 Å². The van der Waals surface area contributed by atoms with Crippen LogP contribution in [0.25, 0.3) is 0 Å². The Bertz CT molecular complexity index is 462. The van der Waals surface area contributed by atoms with Crippen molar-refractivity contribution >= 4 is 11.8 Å². The number of hydrogen-bond acceptors (Lipinski definition) is 5. The first kappa shape index (κ1) is 21.1. The second kappa shape index (κ2) is 10.2. The molecular formula is C19H36N4O3. The zero-order chi connectivity index (χ0) is 19.1. The van der Waals surface area contributed by atoms with E-state index in [9.17, 15) is 9.59 Å². The molecule has 2 aliphatic heterocycles. The molecule has 2 amide bonds. The minimum atomic E-state index is 0.0481. The van der Waals surface area contributed by atoms with Crippen LogP contribution >= 0.6 is 0 Å². The molecule has 2 fully saturated rings. The van der Waals surface area contributed by atoms with Gasteiger partial charge in [-0.05, 0) is 31.8 Å². The highest BCUT2D eigenvalue weighted by atomic mass is 16.5. The first-order chi connectivity index (χ1) is 12.3. The summed E-state index contributed by atoms with van der Waals surface area (Å²) in [5, 5.41) is 3.02. The quantitative estimate of drug-likeness (QED) is 0.698. The van der Waals surface area contributed by atoms with Crippen molar-refractivity contribution in [3.8, 4) is 0 Å². The lowest BCUT2D eigenvalue weighted by Gasteiger charge is -2.34. The van der Waals surface area contributed by atoms with Crippen LogP contribution in [-0.2, 0) is 14.3 Å². The van der Waals surface area contributed by atoms with Crippen LogP contribution in [0.4, 0.5) is 0 Å². The van der Waals surface area contributed by atoms with Crippen LogP contribution in [-0.4, -0.2) is 99.1 Å². The van der Waals surface area contributed by atoms with Crippen LogP contribution in [0, 0.1) is 11.8 Å². The Morgan fingerprint density at radius 2 is 1.85 bits per heavy atom. The molecule has 150 valence electrons. The van der Waals surface area contributed by atoms with Crippen molar-refractivity contribution in [1.82, 2.24) is 20.0 Å². The third kappa shape index (κ3) is 6.85. The van der Waals surface area contributed by atoms with E-state index in [1.54, 1.807) is 19.0 Å². The summed E-state index contributed by atoms with van der Waals surface area (Å²) in [7, 11) is 3.61. The fourth-order valence-corrected chi connectivity index (χ4v) is 3.78. The monoisotopic (exact) mass is 368 g/mol. The smallest absolute Gasteiger partial charge is 0.234 e. The number of likely N-dealkylation sites (tertiary alicyclic amines) is 1. The van der Waals surface area contributed by atoms with Crippen LogP contribution in [0.3, 0.4) is 0 Å². The standard InChI is InChI=1S/C19H36N4O3/c1-15(2)12-23-9-10-26-17(13-23)11-20-18(24)14-22-7-5-16(6-8-22)19(25)21(3)4/h15-17H,5-14H2,1-4H3,(H,20,24). The molecule has 0 bridgehead atoms. The lowest BCUT2D eigenvalue weighted by Crippen LogP contribution is -2.50. The highest BCUT2D eigenvalue weighted by Crippen LogP contribution is 2.18. The van der Waals surface area contributed by atoms with Gasteiger partial charge in [0, 0.05) is 46.2 Å². The average molecular weight is 369 g/mol. The number of hydrogen-bond donors (Lipinski definition) is 1. The highest BCUT2D eigenvalue weighted by Gasteiger charge is 2.27. The zero-order valence-electron chi connectivity index (χ0n) is 16.9. The van der Waals surface area contributed by atoms with E-state index in [1.807, 2.05) is 0 Å². The van der Waals surface area contributed by atoms with E-state index in [0.717, 1.165) is 52.2 Å². The van der Waals surface area contributed by atoms with Gasteiger partial charge >= 0.3 is 0 Å². The van der Waals surface area contributed by atoms with Crippen molar-refractivity contribution < 1.29 is 14.3 Å². The Morgan fingerprint density at radius 1 is 1.15 bits per heavy atom. The molecule has 0 aromatic rings. The van der Waals surface area contributed by atoms with Gasteiger partial charge in [0.15, 0.2) is 0 Å². The summed E-state index contributed by atoms with van der Waals surface area (Å²) < 4.78 is 5.78. The lowest BCUT2D eigenvalue weighted by molar-refractivity contribution is -0.134. The summed E-state index contributed by atoms with van der Waals surface area (Å²) in [5.74, 6) is 0.999. The van der Waals surface area contributed by atoms with Crippen LogP contribution in [0.15, 0.2) is 0 Å². The minimum absolute atomic E-state index is 0.0481. The fraction of sp³-hybridized carbons (Fsp3) is 0.895. The van der Waals surface area contributed by atoms with Crippen molar-refractivity contribution in [3.63, 3.8) is 0 Å². The third-order valence-corrected chi connectivity index (χ3v) is 5.12. The van der Waals surface area contributed by atoms with E-state index in [-0.39, 0.29) is 23.8 Å². The van der Waals surface area contributed by atoms with Gasteiger partial charge in [0.05, 0.1) is 19.3 Å². The molecule has 0 aromatic carbocycles. The van der Waals surface area contributed by atoms with Gasteiger partial charge in [-0.1, -0.05) is 13.8 Å². The highest BCUT2D eigenvalue weighted by molar-refractivity contribution is 5.79. The summed E-state index contributed by atoms with van der Waals surface area (Å²) in [6.07, 6.45) is 1.75. The van der Waals surface area contributed by atoms with Gasteiger partial charge in [0.25, 0.3) is 0 Å². The van der Waals surface area contributed by atoms with Gasteiger partial charge in [-0.25, -0.2) is 0 Å². The molecule has 0 radical (unpaired) electrons. The molecule has 0 saturated carbocycles. The SMILES string of the molecule is CC(C)CN1CCOC(CNC(=O)CN2CCC(C(=O)N(C)C)CC2)C1. The second-order valence-electron chi connectivity index (χ2n) is 8.23. The van der Waals surface area contributed by atoms with Crippen molar-refractivity contribution in [1.29, 1.82) is 0 Å². The Hall–Kier alpha value is -1.18. The number of carbonyl (C=O) groups is 2. The minimum Gasteiger partial charge on any atom is -0.374 e. The van der Waals surface area contributed by atoms with E-state index >= 15 is 0 Å². The van der Waals surface area contributed by atoms with Gasteiger partial charge in [0.2, 0.25) is 11.8 Å². The Morgan fingerprint density at radius 3 is 2.46 bits per heavy atom. The molecule has 7 heteroatoms. The molecule has 2 saturated heterocycles. The van der Waals surface area contributed by atoms with Gasteiger partial charge in [0.1, 0.15) is 0 Å². The molecular weight excluding hydrogens is 332 g/mol. The molecule has 0 spiro atoms. The number of nitrogens with one attached hydrogen (secondary N) is 1. The predicted octanol–water partition coefficient (Wildman–Crippen LogP) is 0.260. The predicted molar refractivity (Wildman–Crippen MR) is 102 cm³/mol. The van der Waals surface area contributed by atoms with E-state index in [1.165, 1.54) is 0 Å². The van der Waals surface area contributed by atoms with E-state index in [0.29, 0.717) is 19.0 Å². The maximum Gasteiger partial charge on any atom is 0.234 e. The summed E-state index contributed by atoms with van der Waals surface area (Å²) in [4.78, 5) is 30.5. The van der Waals surface area contributed by atoms with Crippen LogP contribution in [0.1, 0.15) is 26.7 Å². The largest absolute Gasteiger partial charge is 0.374 e. The molecule has 0 aliphatic carbocycles. The van der Waals surface area contributed by atoms with Crippen LogP contribution in [0.5, 0.6) is 0 Å². The first-order valence-corrected chi connectivity index (χ1v) is 9.89. The summed E-state index contributed by atoms with van der Waals surface area (Å²) >= 11 is 0. The summed E-state index contributed by atoms with van der Waals surface area (Å²) in [5.41, 5.74) is 0. The van der Waals surface area contributed by atoms with E-state index in [4.69, 9.17) is 4.74 Å². The average Bonchev–Trinajstić information content (AvgIpc) is 2.60. The molecule has 1 N–H and O–H groups in total. The summed E-state index contributed by atoms with van der Waals surface area (Å²) in [6.45, 7) is 10.7. The molecule has 26 heavy (non-hydrogen) atoms. The lowest BCUT2D eigenvalue weighted by atomic mass is 9.95. The van der Waals surface area contributed by atoms with Crippen molar-refractivity contribution in [2.45, 2.75) is 32.8 Å². The molecule has 0 aromatic heterocycles. The summed E-state index contributed by atoms with van der Waals surface area (Å²) in [6, 6.07) is 0. The molecule has 1 atom stereocenters. The number of nitrogens with zero attached hydrogens (tertiary/aromatic N) is 3. The molecule has 1 unspecified atom stereocenters. The normalized spacial score (nSPS) is 23.2. The number of rotatable bonds is 7. The zero-order valence-corrected chi connectivity index (χ0v) is 16.9. The molecule has 2 aliphatic rings. The van der Waals surface area contributed by atoms with Crippen LogP contribution in [0.2, 0.25) is 0 Å². The van der Waals surface area contributed by atoms with Crippen molar-refractivity contribution in [2.75, 3.05) is 66.5 Å². The number of piperidine rings is 1. The number of amides is 2. The fourth-order valence-electron chi connectivity index (χ4n) is 3.78. The first-order valence-electron chi connectivity index (χ1n) is 9.89. The van der Waals surface area contributed by atoms with Gasteiger partial charge in [-0.2, -0.15) is 0 Å². The third-order valence-electron chi connectivity index (χ3n) is 5.12.